The van der Waals surface area contributed by atoms with E-state index >= 15 is 0 Å². The van der Waals surface area contributed by atoms with Gasteiger partial charge < -0.3 is 15.0 Å². The Morgan fingerprint density at radius 3 is 2.20 bits per heavy atom. The van der Waals surface area contributed by atoms with Crippen molar-refractivity contribution < 1.29 is 22.7 Å². The van der Waals surface area contributed by atoms with Crippen LogP contribution < -0.4 is 14.4 Å². The van der Waals surface area contributed by atoms with Crippen molar-refractivity contribution in [2.45, 2.75) is 69.5 Å². The van der Waals surface area contributed by atoms with Gasteiger partial charge in [-0.1, -0.05) is 62.2 Å². The van der Waals surface area contributed by atoms with Crippen molar-refractivity contribution in [3.8, 4) is 5.75 Å². The van der Waals surface area contributed by atoms with Gasteiger partial charge in [-0.3, -0.25) is 13.9 Å². The van der Waals surface area contributed by atoms with Gasteiger partial charge in [-0.25, -0.2) is 8.42 Å². The van der Waals surface area contributed by atoms with Gasteiger partial charge in [0.25, 0.3) is 10.0 Å². The number of nitrogens with zero attached hydrogens (tertiary/aromatic N) is 2. The maximum absolute atomic E-state index is 14.2. The van der Waals surface area contributed by atoms with Gasteiger partial charge in [-0.2, -0.15) is 0 Å². The topological polar surface area (TPSA) is 96.0 Å². The van der Waals surface area contributed by atoms with Crippen molar-refractivity contribution in [3.63, 3.8) is 0 Å². The van der Waals surface area contributed by atoms with E-state index in [2.05, 4.69) is 5.32 Å². The van der Waals surface area contributed by atoms with Crippen LogP contribution in [0.5, 0.6) is 5.75 Å². The Morgan fingerprint density at radius 1 is 0.951 bits per heavy atom. The van der Waals surface area contributed by atoms with Crippen molar-refractivity contribution in [2.24, 2.45) is 0 Å². The molecule has 0 aromatic heterocycles. The number of carbonyl (C=O) groups excluding carboxylic acids is 2. The van der Waals surface area contributed by atoms with E-state index in [1.807, 2.05) is 38.1 Å². The third-order valence-corrected chi connectivity index (χ3v) is 9.45. The van der Waals surface area contributed by atoms with Crippen LogP contribution in [0.15, 0.2) is 83.8 Å². The summed E-state index contributed by atoms with van der Waals surface area (Å²) in [6, 6.07) is 21.6. The zero-order valence-electron chi connectivity index (χ0n) is 24.0. The van der Waals surface area contributed by atoms with Crippen molar-refractivity contribution in [2.75, 3.05) is 18.0 Å². The SMILES string of the molecule is CCC(C(=O)NC1CCCC1)N(Cc1ccccc1C)C(=O)CN(c1ccc(OC)cc1)S(=O)(=O)c1ccccc1. The average molecular weight is 578 g/mol. The fourth-order valence-corrected chi connectivity index (χ4v) is 6.69. The number of ether oxygens (including phenoxy) is 1. The molecule has 1 fully saturated rings. The molecule has 0 saturated heterocycles. The molecule has 9 heteroatoms. The van der Waals surface area contributed by atoms with Crippen molar-refractivity contribution in [3.05, 3.63) is 90.0 Å². The van der Waals surface area contributed by atoms with Crippen LogP contribution in [0.2, 0.25) is 0 Å². The molecule has 2 amide bonds. The predicted octanol–water partition coefficient (Wildman–Crippen LogP) is 5.07. The zero-order valence-corrected chi connectivity index (χ0v) is 24.8. The lowest BCUT2D eigenvalue weighted by Gasteiger charge is -2.34. The number of sulfonamides is 1. The Bertz CT molecular complexity index is 1420. The highest BCUT2D eigenvalue weighted by Crippen LogP contribution is 2.27. The second kappa shape index (κ2) is 13.7. The average Bonchev–Trinajstić information content (AvgIpc) is 3.50. The van der Waals surface area contributed by atoms with Gasteiger partial charge in [0.05, 0.1) is 17.7 Å². The summed E-state index contributed by atoms with van der Waals surface area (Å²) in [5, 5.41) is 3.14. The third-order valence-electron chi connectivity index (χ3n) is 7.66. The Labute approximate surface area is 243 Å². The smallest absolute Gasteiger partial charge is 0.264 e. The van der Waals surface area contributed by atoms with Gasteiger partial charge in [0.1, 0.15) is 18.3 Å². The number of carbonyl (C=O) groups is 2. The van der Waals surface area contributed by atoms with Crippen molar-refractivity contribution >= 4 is 27.5 Å². The molecule has 4 rings (SSSR count). The fraction of sp³-hybridized carbons (Fsp3) is 0.375. The third kappa shape index (κ3) is 7.27. The molecule has 1 N–H and O–H groups in total. The molecule has 1 saturated carbocycles. The molecule has 3 aromatic carbocycles. The molecule has 41 heavy (non-hydrogen) atoms. The van der Waals surface area contributed by atoms with Crippen LogP contribution in [-0.4, -0.2) is 50.9 Å². The maximum atomic E-state index is 14.2. The minimum atomic E-state index is -4.11. The molecule has 0 radical (unpaired) electrons. The second-order valence-corrected chi connectivity index (χ2v) is 12.2. The van der Waals surface area contributed by atoms with Crippen LogP contribution in [0.1, 0.15) is 50.2 Å². The number of anilines is 1. The van der Waals surface area contributed by atoms with Gasteiger partial charge >= 0.3 is 0 Å². The molecule has 3 aromatic rings. The molecule has 0 bridgehead atoms. The summed E-state index contributed by atoms with van der Waals surface area (Å²) >= 11 is 0. The van der Waals surface area contributed by atoms with Crippen LogP contribution in [0, 0.1) is 6.92 Å². The number of amides is 2. The quantitative estimate of drug-likeness (QED) is 0.325. The van der Waals surface area contributed by atoms with Gasteiger partial charge in [0.15, 0.2) is 0 Å². The van der Waals surface area contributed by atoms with Crippen LogP contribution >= 0.6 is 0 Å². The Balaban J connectivity index is 1.71. The minimum absolute atomic E-state index is 0.0695. The van der Waals surface area contributed by atoms with E-state index in [1.165, 1.54) is 24.1 Å². The lowest BCUT2D eigenvalue weighted by Crippen LogP contribution is -2.53. The maximum Gasteiger partial charge on any atom is 0.264 e. The summed E-state index contributed by atoms with van der Waals surface area (Å²) in [5.41, 5.74) is 2.21. The molecule has 1 atom stereocenters. The lowest BCUT2D eigenvalue weighted by molar-refractivity contribution is -0.140. The van der Waals surface area contributed by atoms with E-state index in [-0.39, 0.29) is 23.4 Å². The van der Waals surface area contributed by atoms with Gasteiger partial charge in [0, 0.05) is 12.6 Å². The van der Waals surface area contributed by atoms with Crippen molar-refractivity contribution in [1.29, 1.82) is 0 Å². The lowest BCUT2D eigenvalue weighted by atomic mass is 10.1. The first-order chi connectivity index (χ1) is 19.7. The Morgan fingerprint density at radius 2 is 1.59 bits per heavy atom. The van der Waals surface area contributed by atoms with Gasteiger partial charge in [-0.05, 0) is 73.7 Å². The van der Waals surface area contributed by atoms with E-state index in [0.29, 0.717) is 17.9 Å². The first-order valence-corrected chi connectivity index (χ1v) is 15.5. The molecule has 8 nitrogen and oxygen atoms in total. The molecule has 0 spiro atoms. The zero-order chi connectivity index (χ0) is 29.4. The van der Waals surface area contributed by atoms with E-state index in [9.17, 15) is 18.0 Å². The number of hydrogen-bond acceptors (Lipinski definition) is 5. The number of hydrogen-bond donors (Lipinski definition) is 1. The first kappa shape index (κ1) is 30.1. The summed E-state index contributed by atoms with van der Waals surface area (Å²) in [5.74, 6) is -0.104. The normalized spacial score (nSPS) is 14.3. The minimum Gasteiger partial charge on any atom is -0.497 e. The summed E-state index contributed by atoms with van der Waals surface area (Å²) < 4.78 is 34.2. The monoisotopic (exact) mass is 577 g/mol. The summed E-state index contributed by atoms with van der Waals surface area (Å²) in [6.07, 6.45) is 4.39. The molecule has 1 aliphatic rings. The summed E-state index contributed by atoms with van der Waals surface area (Å²) in [6.45, 7) is 3.55. The summed E-state index contributed by atoms with van der Waals surface area (Å²) in [7, 11) is -2.58. The Hall–Kier alpha value is -3.85. The number of benzene rings is 3. The van der Waals surface area contributed by atoms with Crippen molar-refractivity contribution in [1.82, 2.24) is 10.2 Å². The predicted molar refractivity (Wildman–Crippen MR) is 160 cm³/mol. The number of nitrogens with one attached hydrogen (secondary N) is 1. The van der Waals surface area contributed by atoms with Gasteiger partial charge in [-0.15, -0.1) is 0 Å². The number of rotatable bonds is 12. The van der Waals surface area contributed by atoms with Crippen LogP contribution in [-0.2, 0) is 26.2 Å². The highest BCUT2D eigenvalue weighted by atomic mass is 32.2. The molecule has 1 unspecified atom stereocenters. The van der Waals surface area contributed by atoms with E-state index in [1.54, 1.807) is 42.5 Å². The highest BCUT2D eigenvalue weighted by Gasteiger charge is 2.34. The standard InChI is InChI=1S/C32H39N3O5S/c1-4-30(32(37)33-26-14-10-11-15-26)34(22-25-13-9-8-12-24(25)2)31(36)23-35(27-18-20-28(40-3)21-19-27)41(38,39)29-16-6-5-7-17-29/h5-9,12-13,16-21,26,30H,4,10-11,14-15,22-23H2,1-3H3,(H,33,37). The molecular formula is C32H39N3O5S. The second-order valence-electron chi connectivity index (χ2n) is 10.4. The van der Waals surface area contributed by atoms with E-state index in [4.69, 9.17) is 4.74 Å². The van der Waals surface area contributed by atoms with Crippen LogP contribution in [0.4, 0.5) is 5.69 Å². The molecular weight excluding hydrogens is 538 g/mol. The van der Waals surface area contributed by atoms with Crippen LogP contribution in [0.25, 0.3) is 0 Å². The Kier molecular flexibility index (Phi) is 10.0. The number of aryl methyl sites for hydroxylation is 1. The first-order valence-electron chi connectivity index (χ1n) is 14.1. The van der Waals surface area contributed by atoms with Crippen LogP contribution in [0.3, 0.4) is 0 Å². The fourth-order valence-electron chi connectivity index (χ4n) is 5.25. The molecule has 0 heterocycles. The van der Waals surface area contributed by atoms with E-state index in [0.717, 1.165) is 41.1 Å². The highest BCUT2D eigenvalue weighted by molar-refractivity contribution is 7.92. The summed E-state index contributed by atoms with van der Waals surface area (Å²) in [4.78, 5) is 29.3. The van der Waals surface area contributed by atoms with Gasteiger partial charge in [0.2, 0.25) is 11.8 Å². The van der Waals surface area contributed by atoms with E-state index < -0.39 is 28.5 Å². The molecule has 218 valence electrons. The number of methoxy groups -OCH3 is 1. The largest absolute Gasteiger partial charge is 0.497 e. The molecule has 1 aliphatic carbocycles. The molecule has 0 aliphatic heterocycles.